The molecule has 2 atom stereocenters. The lowest BCUT2D eigenvalue weighted by atomic mass is 9.70. The van der Waals surface area contributed by atoms with Gasteiger partial charge in [0.2, 0.25) is 11.8 Å². The quantitative estimate of drug-likeness (QED) is 0.136. The normalized spacial score (nSPS) is 32.7. The van der Waals surface area contributed by atoms with Crippen LogP contribution in [-0.4, -0.2) is 92.4 Å². The van der Waals surface area contributed by atoms with E-state index in [1.54, 1.807) is 0 Å². The predicted octanol–water partition coefficient (Wildman–Crippen LogP) is -0.849. The number of nitrogens with zero attached hydrogens (tertiary/aromatic N) is 5. The Kier molecular flexibility index (Phi) is 6.15. The first-order valence-electron chi connectivity index (χ1n) is 11.6. The molecule has 0 spiro atoms. The van der Waals surface area contributed by atoms with Crippen molar-refractivity contribution in [3.8, 4) is 0 Å². The first kappa shape index (κ1) is 25.4. The van der Waals surface area contributed by atoms with Crippen LogP contribution in [0.4, 0.5) is 5.13 Å². The zero-order valence-corrected chi connectivity index (χ0v) is 21.6. The molecule has 2 bridgehead atoms. The second kappa shape index (κ2) is 8.95. The molecule has 1 aromatic heterocycles. The van der Waals surface area contributed by atoms with Crippen LogP contribution in [0.2, 0.25) is 0 Å². The number of carboxylic acids is 1. The number of aromatic nitrogens is 2. The van der Waals surface area contributed by atoms with Gasteiger partial charge in [0.05, 0.1) is 42.4 Å². The van der Waals surface area contributed by atoms with E-state index in [1.165, 1.54) is 23.8 Å². The highest BCUT2D eigenvalue weighted by Gasteiger charge is 2.61. The molecular weight excluding hydrogens is 524 g/mol. The number of carboxylic acid groups (broad SMARTS) is 1. The smallest absolute Gasteiger partial charge is 0.352 e. The summed E-state index contributed by atoms with van der Waals surface area (Å²) in [4.78, 5) is 59.2. The molecule has 1 aromatic rings. The molecule has 3 amide bonds. The summed E-state index contributed by atoms with van der Waals surface area (Å²) in [7, 11) is 1.29. The van der Waals surface area contributed by atoms with Gasteiger partial charge in [0.1, 0.15) is 25.6 Å². The van der Waals surface area contributed by atoms with Crippen molar-refractivity contribution in [2.45, 2.75) is 35.9 Å². The Morgan fingerprint density at radius 3 is 2.51 bits per heavy atom. The van der Waals surface area contributed by atoms with Crippen LogP contribution < -0.4 is 16.8 Å². The van der Waals surface area contributed by atoms with E-state index in [-0.39, 0.29) is 41.4 Å². The number of carbonyl (C=O) groups is 4. The Morgan fingerprint density at radius 1 is 1.32 bits per heavy atom. The first-order chi connectivity index (χ1) is 17.5. The Balaban J connectivity index is 1.65. The topological polar surface area (TPSA) is 203 Å². The lowest BCUT2D eigenvalue weighted by Crippen LogP contribution is -2.68. The van der Waals surface area contributed by atoms with Crippen molar-refractivity contribution in [1.82, 2.24) is 19.6 Å². The summed E-state index contributed by atoms with van der Waals surface area (Å²) < 4.78 is 4.86. The average Bonchev–Trinajstić information content (AvgIpc) is 3.31. The summed E-state index contributed by atoms with van der Waals surface area (Å²) in [6, 6.07) is 0. The molecule has 198 valence electrons. The maximum Gasteiger partial charge on any atom is 0.352 e. The molecule has 6 rings (SSSR count). The van der Waals surface area contributed by atoms with E-state index in [4.69, 9.17) is 11.5 Å². The molecule has 16 heteroatoms. The molecule has 0 aliphatic carbocycles. The number of anilines is 1. The van der Waals surface area contributed by atoms with Crippen molar-refractivity contribution >= 4 is 58.3 Å². The van der Waals surface area contributed by atoms with Gasteiger partial charge in [-0.2, -0.15) is 9.36 Å². The monoisotopic (exact) mass is 551 g/mol. The largest absolute Gasteiger partial charge is 0.477 e. The minimum absolute atomic E-state index is 0.0965. The number of fused-ring (bicyclic) bond motifs is 4. The summed E-state index contributed by atoms with van der Waals surface area (Å²) in [5.74, 6) is -2.44. The Hall–Kier alpha value is -3.24. The van der Waals surface area contributed by atoms with Gasteiger partial charge in [0, 0.05) is 30.8 Å². The van der Waals surface area contributed by atoms with E-state index in [2.05, 4.69) is 24.7 Å². The SMILES string of the molecule is CON=CC(=O)NC1(c2nsc(N)n2)S[C@H]2CC(=O)N2C(C(=O)O)=C1C[N+]12CCC(C(N)=O)(CC1)CC2. The van der Waals surface area contributed by atoms with Gasteiger partial charge in [-0.1, -0.05) is 16.9 Å². The number of piperidine rings is 3. The number of primary amides is 1. The second-order valence-corrected chi connectivity index (χ2v) is 12.0. The summed E-state index contributed by atoms with van der Waals surface area (Å²) >= 11 is 2.12. The molecule has 0 radical (unpaired) electrons. The third kappa shape index (κ3) is 4.02. The minimum atomic E-state index is -1.52. The number of quaternary nitrogens is 1. The van der Waals surface area contributed by atoms with Crippen molar-refractivity contribution in [2.75, 3.05) is 39.0 Å². The number of nitrogens with two attached hydrogens (primary N) is 2. The zero-order chi connectivity index (χ0) is 26.6. The summed E-state index contributed by atoms with van der Waals surface area (Å²) in [5, 5.41) is 16.4. The maximum absolute atomic E-state index is 13.0. The standard InChI is InChI=1S/C21H26N8O6S2/c1-35-24-9-12(30)26-21(18-25-19(23)37-27-18)11(15(16(32)33)28-13(31)8-14(28)36-21)10-29-5-2-20(3-6-29,4-7-29)17(22)34/h9,14H,2-8,10H2,1H3,(H5-,22,23,25,26,27,30,32,33,34)/p+1/t14-,20?,21?,29?/m0/s1. The number of aliphatic carboxylic acids is 1. The molecule has 5 aliphatic heterocycles. The number of oxime groups is 1. The van der Waals surface area contributed by atoms with E-state index in [0.29, 0.717) is 49.0 Å². The number of thioether (sulfide) groups is 1. The fourth-order valence-electron chi connectivity index (χ4n) is 5.80. The van der Waals surface area contributed by atoms with Crippen LogP contribution in [0.25, 0.3) is 0 Å². The number of carbonyl (C=O) groups excluding carboxylic acids is 3. The molecule has 4 fully saturated rings. The summed E-state index contributed by atoms with van der Waals surface area (Å²) in [6.45, 7) is 2.00. The fraction of sp³-hybridized carbons (Fsp3) is 0.571. The van der Waals surface area contributed by atoms with Gasteiger partial charge in [-0.3, -0.25) is 19.3 Å². The lowest BCUT2D eigenvalue weighted by molar-refractivity contribution is -0.940. The first-order valence-corrected chi connectivity index (χ1v) is 13.3. The van der Waals surface area contributed by atoms with E-state index >= 15 is 0 Å². The molecular formula is C21H27N8O6S2+. The number of hydrogen-bond acceptors (Lipinski definition) is 11. The summed E-state index contributed by atoms with van der Waals surface area (Å²) in [6.07, 6.45) is 2.78. The Bertz CT molecular complexity index is 1220. The van der Waals surface area contributed by atoms with Crippen LogP contribution in [0.3, 0.4) is 0 Å². The number of β-lactam (4-membered cyclic amide) rings is 1. The lowest BCUT2D eigenvalue weighted by Gasteiger charge is -2.56. The number of rotatable bonds is 8. The van der Waals surface area contributed by atoms with Crippen molar-refractivity contribution in [1.29, 1.82) is 0 Å². The highest BCUT2D eigenvalue weighted by atomic mass is 32.2. The van der Waals surface area contributed by atoms with Gasteiger partial charge in [0.25, 0.3) is 5.91 Å². The van der Waals surface area contributed by atoms with Gasteiger partial charge >= 0.3 is 5.97 Å². The molecule has 14 nitrogen and oxygen atoms in total. The van der Waals surface area contributed by atoms with Gasteiger partial charge in [-0.05, 0) is 0 Å². The third-order valence-corrected chi connectivity index (χ3v) is 9.99. The van der Waals surface area contributed by atoms with Crippen molar-refractivity contribution in [2.24, 2.45) is 16.3 Å². The number of nitrogens with one attached hydrogen (secondary N) is 1. The number of hydrogen-bond donors (Lipinski definition) is 4. The van der Waals surface area contributed by atoms with Crippen molar-refractivity contribution in [3.05, 3.63) is 17.1 Å². The van der Waals surface area contributed by atoms with Crippen LogP contribution >= 0.6 is 23.3 Å². The van der Waals surface area contributed by atoms with Crippen LogP contribution in [0.1, 0.15) is 31.5 Å². The number of amides is 3. The van der Waals surface area contributed by atoms with Gasteiger partial charge in [-0.25, -0.2) is 4.79 Å². The van der Waals surface area contributed by atoms with Crippen LogP contribution in [-0.2, 0) is 28.9 Å². The van der Waals surface area contributed by atoms with E-state index in [0.717, 1.165) is 17.7 Å². The maximum atomic E-state index is 13.0. The fourth-order valence-corrected chi connectivity index (χ4v) is 7.96. The highest BCUT2D eigenvalue weighted by Crippen LogP contribution is 2.55. The van der Waals surface area contributed by atoms with E-state index in [1.807, 2.05) is 0 Å². The van der Waals surface area contributed by atoms with Gasteiger partial charge in [0.15, 0.2) is 15.8 Å². The molecule has 5 aliphatic rings. The van der Waals surface area contributed by atoms with Crippen LogP contribution in [0, 0.1) is 5.41 Å². The Morgan fingerprint density at radius 2 is 2.00 bits per heavy atom. The summed E-state index contributed by atoms with van der Waals surface area (Å²) in [5.41, 5.74) is 11.2. The van der Waals surface area contributed by atoms with Crippen molar-refractivity contribution < 1.29 is 33.6 Å². The molecule has 0 saturated carbocycles. The van der Waals surface area contributed by atoms with Gasteiger partial charge in [-0.15, -0.1) is 0 Å². The molecule has 1 unspecified atom stereocenters. The molecule has 0 aromatic carbocycles. The third-order valence-electron chi connectivity index (χ3n) is 7.91. The minimum Gasteiger partial charge on any atom is -0.477 e. The van der Waals surface area contributed by atoms with Crippen molar-refractivity contribution in [3.63, 3.8) is 0 Å². The molecule has 4 saturated heterocycles. The second-order valence-electron chi connectivity index (χ2n) is 9.78. The average molecular weight is 552 g/mol. The molecule has 6 N–H and O–H groups in total. The van der Waals surface area contributed by atoms with E-state index < -0.39 is 27.5 Å². The van der Waals surface area contributed by atoms with Crippen LogP contribution in [0.5, 0.6) is 0 Å². The zero-order valence-electron chi connectivity index (χ0n) is 20.0. The predicted molar refractivity (Wildman–Crippen MR) is 132 cm³/mol. The molecule has 6 heterocycles. The van der Waals surface area contributed by atoms with Gasteiger partial charge < -0.3 is 31.2 Å². The number of nitrogen functional groups attached to an aromatic ring is 1. The Labute approximate surface area is 219 Å². The van der Waals surface area contributed by atoms with Crippen LogP contribution in [0.15, 0.2) is 16.4 Å². The molecule has 37 heavy (non-hydrogen) atoms. The highest BCUT2D eigenvalue weighted by molar-refractivity contribution is 8.01. The van der Waals surface area contributed by atoms with E-state index in [9.17, 15) is 24.3 Å².